The number of halogens is 1. The first kappa shape index (κ1) is 22.4. The van der Waals surface area contributed by atoms with Crippen molar-refractivity contribution in [2.45, 2.75) is 76.9 Å². The van der Waals surface area contributed by atoms with Gasteiger partial charge in [0, 0.05) is 25.2 Å². The van der Waals surface area contributed by atoms with E-state index in [-0.39, 0.29) is 30.3 Å². The van der Waals surface area contributed by atoms with Crippen LogP contribution in [0.5, 0.6) is 0 Å². The molecule has 3 fully saturated rings. The number of piperidine rings is 2. The Morgan fingerprint density at radius 3 is 2.44 bits per heavy atom. The van der Waals surface area contributed by atoms with Gasteiger partial charge in [-0.2, -0.15) is 0 Å². The second kappa shape index (κ2) is 10.6. The Kier molecular flexibility index (Phi) is 8.83. The van der Waals surface area contributed by atoms with Crippen LogP contribution in [0.4, 0.5) is 0 Å². The number of hydrogen-bond donors (Lipinski definition) is 2. The average molecular weight is 401 g/mol. The van der Waals surface area contributed by atoms with Gasteiger partial charge in [0.1, 0.15) is 0 Å². The minimum Gasteiger partial charge on any atom is -0.354 e. The van der Waals surface area contributed by atoms with Gasteiger partial charge in [-0.25, -0.2) is 0 Å². The minimum absolute atomic E-state index is 0. The van der Waals surface area contributed by atoms with Gasteiger partial charge >= 0.3 is 0 Å². The van der Waals surface area contributed by atoms with Crippen LogP contribution < -0.4 is 10.6 Å². The predicted molar refractivity (Wildman–Crippen MR) is 110 cm³/mol. The van der Waals surface area contributed by atoms with Crippen molar-refractivity contribution in [1.82, 2.24) is 20.4 Å². The van der Waals surface area contributed by atoms with Crippen molar-refractivity contribution in [2.24, 2.45) is 5.92 Å². The van der Waals surface area contributed by atoms with E-state index in [0.717, 1.165) is 64.7 Å². The lowest BCUT2D eigenvalue weighted by atomic mass is 9.96. The molecular weight excluding hydrogens is 364 g/mol. The number of nitrogens with zero attached hydrogens (tertiary/aromatic N) is 2. The van der Waals surface area contributed by atoms with E-state index in [4.69, 9.17) is 0 Å². The van der Waals surface area contributed by atoms with E-state index in [9.17, 15) is 9.59 Å². The topological polar surface area (TPSA) is 64.7 Å². The Hall–Kier alpha value is -0.850. The highest BCUT2D eigenvalue weighted by molar-refractivity contribution is 5.85. The molecule has 4 atom stereocenters. The Balaban J connectivity index is 0.00000261. The van der Waals surface area contributed by atoms with Crippen molar-refractivity contribution >= 4 is 24.2 Å². The summed E-state index contributed by atoms with van der Waals surface area (Å²) in [6, 6.07) is 0.730. The van der Waals surface area contributed by atoms with Gasteiger partial charge in [0.05, 0.1) is 12.6 Å². The molecule has 3 heterocycles. The van der Waals surface area contributed by atoms with Crippen LogP contribution in [0, 0.1) is 5.92 Å². The fourth-order valence-corrected chi connectivity index (χ4v) is 4.92. The van der Waals surface area contributed by atoms with Gasteiger partial charge in [0.2, 0.25) is 11.8 Å². The van der Waals surface area contributed by atoms with Gasteiger partial charge in [-0.15, -0.1) is 12.4 Å². The maximum atomic E-state index is 12.8. The van der Waals surface area contributed by atoms with E-state index >= 15 is 0 Å². The lowest BCUT2D eigenvalue weighted by Crippen LogP contribution is -2.52. The maximum Gasteiger partial charge on any atom is 0.237 e. The smallest absolute Gasteiger partial charge is 0.237 e. The maximum absolute atomic E-state index is 12.8. The molecule has 0 aromatic heterocycles. The first-order valence-corrected chi connectivity index (χ1v) is 10.6. The van der Waals surface area contributed by atoms with Crippen LogP contribution in [0.15, 0.2) is 0 Å². The lowest BCUT2D eigenvalue weighted by molar-refractivity contribution is -0.139. The van der Waals surface area contributed by atoms with Gasteiger partial charge in [0.15, 0.2) is 0 Å². The molecule has 3 saturated heterocycles. The summed E-state index contributed by atoms with van der Waals surface area (Å²) in [6.45, 7) is 8.49. The number of carbonyl (C=O) groups excluding carboxylic acids is 2. The first-order chi connectivity index (χ1) is 12.5. The highest BCUT2D eigenvalue weighted by atomic mass is 35.5. The quantitative estimate of drug-likeness (QED) is 0.738. The molecule has 3 aliphatic rings. The van der Waals surface area contributed by atoms with Crippen molar-refractivity contribution < 1.29 is 9.59 Å². The molecule has 0 radical (unpaired) electrons. The highest BCUT2D eigenvalue weighted by Gasteiger charge is 2.31. The summed E-state index contributed by atoms with van der Waals surface area (Å²) in [6.07, 6.45) is 7.77. The zero-order chi connectivity index (χ0) is 18.5. The van der Waals surface area contributed by atoms with Crippen LogP contribution in [0.25, 0.3) is 0 Å². The normalized spacial score (nSPS) is 32.0. The summed E-state index contributed by atoms with van der Waals surface area (Å²) in [5.74, 6) is 0.884. The monoisotopic (exact) mass is 400 g/mol. The van der Waals surface area contributed by atoms with E-state index in [1.807, 2.05) is 0 Å². The Morgan fingerprint density at radius 2 is 1.78 bits per heavy atom. The molecule has 6 nitrogen and oxygen atoms in total. The van der Waals surface area contributed by atoms with Crippen molar-refractivity contribution in [3.8, 4) is 0 Å². The molecule has 0 aromatic carbocycles. The molecule has 0 spiro atoms. The van der Waals surface area contributed by atoms with Gasteiger partial charge in [-0.05, 0) is 77.8 Å². The van der Waals surface area contributed by atoms with Crippen LogP contribution in [-0.4, -0.2) is 72.5 Å². The summed E-state index contributed by atoms with van der Waals surface area (Å²) >= 11 is 0. The van der Waals surface area contributed by atoms with E-state index in [1.165, 1.54) is 6.42 Å². The van der Waals surface area contributed by atoms with Crippen LogP contribution in [0.1, 0.15) is 58.8 Å². The van der Waals surface area contributed by atoms with Crippen LogP contribution >= 0.6 is 12.4 Å². The van der Waals surface area contributed by atoms with Crippen molar-refractivity contribution in [2.75, 3.05) is 32.7 Å². The third-order valence-electron chi connectivity index (χ3n) is 6.39. The number of nitrogens with one attached hydrogen (secondary N) is 2. The number of hydrogen-bond acceptors (Lipinski definition) is 4. The van der Waals surface area contributed by atoms with E-state index in [2.05, 4.69) is 34.3 Å². The average Bonchev–Trinajstić information content (AvgIpc) is 3.14. The summed E-state index contributed by atoms with van der Waals surface area (Å²) in [7, 11) is 0. The predicted octanol–water partition coefficient (Wildman–Crippen LogP) is 1.78. The third-order valence-corrected chi connectivity index (χ3v) is 6.39. The molecule has 3 aliphatic heterocycles. The molecule has 2 N–H and O–H groups in total. The standard InChI is InChI=1S/C20H36N4O2.ClH/c1-15-6-3-7-16(2)24(15)19(25)14-23-11-5-8-17(13-23)12-22-20(26)18-9-4-10-21-18;/h15-18,21H,3-14H2,1-2H3,(H,22,26);1H. The molecule has 0 saturated carbocycles. The molecule has 3 rings (SSSR count). The van der Waals surface area contributed by atoms with E-state index < -0.39 is 0 Å². The fourth-order valence-electron chi connectivity index (χ4n) is 4.92. The zero-order valence-electron chi connectivity index (χ0n) is 16.9. The third kappa shape index (κ3) is 6.06. The fraction of sp³-hybridized carbons (Fsp3) is 0.900. The van der Waals surface area contributed by atoms with Gasteiger partial charge in [-0.3, -0.25) is 14.5 Å². The van der Waals surface area contributed by atoms with E-state index in [1.54, 1.807) is 0 Å². The summed E-state index contributed by atoms with van der Waals surface area (Å²) in [5.41, 5.74) is 0. The molecule has 0 bridgehead atoms. The number of rotatable bonds is 5. The van der Waals surface area contributed by atoms with Gasteiger partial charge in [-0.1, -0.05) is 0 Å². The number of carbonyl (C=O) groups is 2. The highest BCUT2D eigenvalue weighted by Crippen LogP contribution is 2.23. The van der Waals surface area contributed by atoms with Gasteiger partial charge in [0.25, 0.3) is 0 Å². The van der Waals surface area contributed by atoms with Crippen LogP contribution in [0.2, 0.25) is 0 Å². The SMILES string of the molecule is CC1CCCC(C)N1C(=O)CN1CCCC(CNC(=O)C2CCCN2)C1.Cl. The minimum atomic E-state index is -0.00153. The second-order valence-electron chi connectivity index (χ2n) is 8.57. The molecule has 2 amide bonds. The first-order valence-electron chi connectivity index (χ1n) is 10.6. The summed E-state index contributed by atoms with van der Waals surface area (Å²) < 4.78 is 0. The zero-order valence-corrected chi connectivity index (χ0v) is 17.7. The van der Waals surface area contributed by atoms with Crippen molar-refractivity contribution in [3.05, 3.63) is 0 Å². The molecule has 27 heavy (non-hydrogen) atoms. The van der Waals surface area contributed by atoms with E-state index in [0.29, 0.717) is 24.5 Å². The van der Waals surface area contributed by atoms with Crippen molar-refractivity contribution in [3.63, 3.8) is 0 Å². The largest absolute Gasteiger partial charge is 0.354 e. The Labute approximate surface area is 170 Å². The van der Waals surface area contributed by atoms with Crippen LogP contribution in [-0.2, 0) is 9.59 Å². The van der Waals surface area contributed by atoms with Crippen molar-refractivity contribution in [1.29, 1.82) is 0 Å². The van der Waals surface area contributed by atoms with Crippen LogP contribution in [0.3, 0.4) is 0 Å². The molecule has 4 unspecified atom stereocenters. The molecule has 7 heteroatoms. The lowest BCUT2D eigenvalue weighted by Gasteiger charge is -2.41. The molecule has 156 valence electrons. The molecule has 0 aromatic rings. The Bertz CT molecular complexity index is 488. The summed E-state index contributed by atoms with van der Waals surface area (Å²) in [5, 5.41) is 6.37. The van der Waals surface area contributed by atoms with Gasteiger partial charge < -0.3 is 15.5 Å². The molecule has 0 aliphatic carbocycles. The molecular formula is C20H37ClN4O2. The summed E-state index contributed by atoms with van der Waals surface area (Å²) in [4.78, 5) is 29.4. The Morgan fingerprint density at radius 1 is 1.04 bits per heavy atom. The number of amides is 2. The second-order valence-corrected chi connectivity index (χ2v) is 8.57. The number of likely N-dealkylation sites (tertiary alicyclic amines) is 2.